The number of para-hydroxylation sites is 1. The lowest BCUT2D eigenvalue weighted by Crippen LogP contribution is -2.53. The fourth-order valence-corrected chi connectivity index (χ4v) is 3.70. The molecular formula is C16H19N3O. The number of carbonyl (C=O) groups excluding carboxylic acids is 1. The Morgan fingerprint density at radius 2 is 1.90 bits per heavy atom. The summed E-state index contributed by atoms with van der Waals surface area (Å²) in [6.45, 7) is 1.73. The van der Waals surface area contributed by atoms with Crippen LogP contribution in [0.25, 0.3) is 10.9 Å². The Kier molecular flexibility index (Phi) is 2.60. The zero-order valence-corrected chi connectivity index (χ0v) is 11.7. The molecule has 2 aliphatic heterocycles. The van der Waals surface area contributed by atoms with Crippen molar-refractivity contribution >= 4 is 16.8 Å². The molecule has 0 saturated carbocycles. The van der Waals surface area contributed by atoms with Gasteiger partial charge in [0, 0.05) is 42.3 Å². The number of nitrogens with one attached hydrogen (secondary N) is 1. The fraction of sp³-hybridized carbons (Fsp3) is 0.438. The second kappa shape index (κ2) is 4.35. The van der Waals surface area contributed by atoms with Crippen LogP contribution >= 0.6 is 0 Å². The Labute approximate surface area is 118 Å². The molecule has 1 aromatic carbocycles. The maximum absolute atomic E-state index is 12.8. The van der Waals surface area contributed by atoms with Gasteiger partial charge in [0.25, 0.3) is 5.91 Å². The monoisotopic (exact) mass is 269 g/mol. The third-order valence-corrected chi connectivity index (χ3v) is 4.95. The van der Waals surface area contributed by atoms with Crippen molar-refractivity contribution in [2.45, 2.75) is 24.9 Å². The minimum absolute atomic E-state index is 0.174. The van der Waals surface area contributed by atoms with Crippen LogP contribution in [0.3, 0.4) is 0 Å². The molecule has 2 bridgehead atoms. The highest BCUT2D eigenvalue weighted by molar-refractivity contribution is 6.06. The Morgan fingerprint density at radius 1 is 1.20 bits per heavy atom. The van der Waals surface area contributed by atoms with Crippen molar-refractivity contribution in [2.24, 2.45) is 0 Å². The second-order valence-corrected chi connectivity index (χ2v) is 6.01. The number of nitrogens with zero attached hydrogens (tertiary/aromatic N) is 2. The highest BCUT2D eigenvalue weighted by atomic mass is 16.2. The molecule has 4 rings (SSSR count). The van der Waals surface area contributed by atoms with E-state index in [1.54, 1.807) is 0 Å². The number of likely N-dealkylation sites (N-methyl/N-ethyl adjacent to an activating group) is 1. The molecule has 2 aromatic rings. The lowest BCUT2D eigenvalue weighted by molar-refractivity contribution is 0.0526. The summed E-state index contributed by atoms with van der Waals surface area (Å²) in [6, 6.07) is 9.10. The lowest BCUT2D eigenvalue weighted by atomic mass is 10.1. The number of aromatic nitrogens is 1. The minimum Gasteiger partial charge on any atom is -0.360 e. The molecule has 2 atom stereocenters. The van der Waals surface area contributed by atoms with Crippen LogP contribution in [0.5, 0.6) is 0 Å². The molecule has 2 fully saturated rings. The lowest BCUT2D eigenvalue weighted by Gasteiger charge is -2.38. The van der Waals surface area contributed by atoms with Crippen LogP contribution in [0.1, 0.15) is 23.2 Å². The topological polar surface area (TPSA) is 39.3 Å². The summed E-state index contributed by atoms with van der Waals surface area (Å²) < 4.78 is 0. The number of piperazine rings is 1. The molecule has 1 amide bonds. The van der Waals surface area contributed by atoms with Crippen molar-refractivity contribution in [3.05, 3.63) is 36.0 Å². The molecule has 0 spiro atoms. The number of amides is 1. The van der Waals surface area contributed by atoms with E-state index in [1.807, 2.05) is 35.4 Å². The van der Waals surface area contributed by atoms with E-state index in [-0.39, 0.29) is 5.91 Å². The number of likely N-dealkylation sites (tertiary alicyclic amines) is 1. The highest BCUT2D eigenvalue weighted by Crippen LogP contribution is 2.30. The van der Waals surface area contributed by atoms with Gasteiger partial charge < -0.3 is 9.88 Å². The molecule has 20 heavy (non-hydrogen) atoms. The summed E-state index contributed by atoms with van der Waals surface area (Å²) in [5.74, 6) is 0.174. The van der Waals surface area contributed by atoms with Gasteiger partial charge >= 0.3 is 0 Å². The van der Waals surface area contributed by atoms with Gasteiger partial charge in [-0.25, -0.2) is 0 Å². The third-order valence-electron chi connectivity index (χ3n) is 4.95. The van der Waals surface area contributed by atoms with Crippen LogP contribution in [0.2, 0.25) is 0 Å². The maximum atomic E-state index is 12.8. The first-order valence-electron chi connectivity index (χ1n) is 7.31. The van der Waals surface area contributed by atoms with Crippen molar-refractivity contribution in [3.8, 4) is 0 Å². The van der Waals surface area contributed by atoms with Gasteiger partial charge in [0.15, 0.2) is 0 Å². The molecule has 104 valence electrons. The van der Waals surface area contributed by atoms with Crippen LogP contribution in [-0.2, 0) is 0 Å². The smallest absolute Gasteiger partial charge is 0.256 e. The summed E-state index contributed by atoms with van der Waals surface area (Å²) >= 11 is 0. The van der Waals surface area contributed by atoms with Crippen molar-refractivity contribution < 1.29 is 4.79 Å². The van der Waals surface area contributed by atoms with Crippen molar-refractivity contribution in [1.29, 1.82) is 0 Å². The van der Waals surface area contributed by atoms with Gasteiger partial charge in [0.05, 0.1) is 5.56 Å². The van der Waals surface area contributed by atoms with E-state index in [1.165, 1.54) is 12.8 Å². The van der Waals surface area contributed by atoms with Gasteiger partial charge in [-0.1, -0.05) is 18.2 Å². The van der Waals surface area contributed by atoms with E-state index in [4.69, 9.17) is 0 Å². The summed E-state index contributed by atoms with van der Waals surface area (Å²) in [5, 5.41) is 1.03. The minimum atomic E-state index is 0.174. The molecule has 4 nitrogen and oxygen atoms in total. The van der Waals surface area contributed by atoms with E-state index in [0.29, 0.717) is 12.1 Å². The van der Waals surface area contributed by atoms with Crippen LogP contribution in [-0.4, -0.2) is 52.9 Å². The normalized spacial score (nSPS) is 26.4. The predicted octanol–water partition coefficient (Wildman–Crippen LogP) is 2.09. The number of benzene rings is 1. The molecule has 2 unspecified atom stereocenters. The molecule has 2 aliphatic rings. The first-order valence-corrected chi connectivity index (χ1v) is 7.31. The van der Waals surface area contributed by atoms with Gasteiger partial charge in [0.1, 0.15) is 0 Å². The molecule has 1 aromatic heterocycles. The van der Waals surface area contributed by atoms with Gasteiger partial charge in [-0.2, -0.15) is 0 Å². The zero-order chi connectivity index (χ0) is 13.7. The summed E-state index contributed by atoms with van der Waals surface area (Å²) in [5.41, 5.74) is 1.84. The second-order valence-electron chi connectivity index (χ2n) is 6.01. The SMILES string of the molecule is CN1C2CCC1CN(C(=O)c1c[nH]c3ccccc13)C2. The van der Waals surface area contributed by atoms with Crippen molar-refractivity contribution in [1.82, 2.24) is 14.8 Å². The van der Waals surface area contributed by atoms with E-state index < -0.39 is 0 Å². The summed E-state index contributed by atoms with van der Waals surface area (Å²) in [6.07, 6.45) is 4.30. The number of hydrogen-bond acceptors (Lipinski definition) is 2. The molecule has 2 saturated heterocycles. The molecule has 0 aliphatic carbocycles. The molecule has 0 radical (unpaired) electrons. The first-order chi connectivity index (χ1) is 9.74. The molecular weight excluding hydrogens is 250 g/mol. The van der Waals surface area contributed by atoms with Gasteiger partial charge in [0.2, 0.25) is 0 Å². The standard InChI is InChI=1S/C16H19N3O/c1-18-11-6-7-12(18)10-19(9-11)16(20)14-8-17-15-5-3-2-4-13(14)15/h2-5,8,11-12,17H,6-7,9-10H2,1H3. The zero-order valence-electron chi connectivity index (χ0n) is 11.7. The predicted molar refractivity (Wildman–Crippen MR) is 78.8 cm³/mol. The number of aromatic amines is 1. The summed E-state index contributed by atoms with van der Waals surface area (Å²) in [7, 11) is 2.19. The molecule has 1 N–H and O–H groups in total. The van der Waals surface area contributed by atoms with E-state index in [0.717, 1.165) is 29.6 Å². The van der Waals surface area contributed by atoms with Gasteiger partial charge in [-0.05, 0) is 26.0 Å². The highest BCUT2D eigenvalue weighted by Gasteiger charge is 2.39. The average molecular weight is 269 g/mol. The summed E-state index contributed by atoms with van der Waals surface area (Å²) in [4.78, 5) is 20.5. The van der Waals surface area contributed by atoms with Gasteiger partial charge in [-0.15, -0.1) is 0 Å². The first kappa shape index (κ1) is 12.0. The van der Waals surface area contributed by atoms with Crippen LogP contribution in [0.4, 0.5) is 0 Å². The average Bonchev–Trinajstić information content (AvgIpc) is 2.95. The quantitative estimate of drug-likeness (QED) is 0.861. The van der Waals surface area contributed by atoms with Crippen molar-refractivity contribution in [3.63, 3.8) is 0 Å². The van der Waals surface area contributed by atoms with Crippen molar-refractivity contribution in [2.75, 3.05) is 20.1 Å². The van der Waals surface area contributed by atoms with Gasteiger partial charge in [-0.3, -0.25) is 9.69 Å². The van der Waals surface area contributed by atoms with E-state index in [2.05, 4.69) is 16.9 Å². The largest absolute Gasteiger partial charge is 0.360 e. The van der Waals surface area contributed by atoms with E-state index >= 15 is 0 Å². The van der Waals surface area contributed by atoms with Crippen LogP contribution < -0.4 is 0 Å². The number of carbonyl (C=O) groups is 1. The van der Waals surface area contributed by atoms with Crippen LogP contribution in [0, 0.1) is 0 Å². The molecule has 4 heteroatoms. The Balaban J connectivity index is 1.65. The number of hydrogen-bond donors (Lipinski definition) is 1. The van der Waals surface area contributed by atoms with E-state index in [9.17, 15) is 4.79 Å². The van der Waals surface area contributed by atoms with Crippen LogP contribution in [0.15, 0.2) is 30.5 Å². The maximum Gasteiger partial charge on any atom is 0.256 e. The number of rotatable bonds is 1. The molecule has 3 heterocycles. The third kappa shape index (κ3) is 1.68. The fourth-order valence-electron chi connectivity index (χ4n) is 3.70. The Morgan fingerprint density at radius 3 is 2.65 bits per heavy atom. The Hall–Kier alpha value is -1.81. The Bertz CT molecular complexity index is 649. The number of fused-ring (bicyclic) bond motifs is 3. The number of H-pyrrole nitrogens is 1.